The average molecular weight is 487 g/mol. The van der Waals surface area contributed by atoms with Gasteiger partial charge < -0.3 is 23.7 Å². The second-order valence-corrected chi connectivity index (χ2v) is 8.58. The molecule has 0 saturated heterocycles. The Morgan fingerprint density at radius 3 is 1.22 bits per heavy atom. The quantitative estimate of drug-likeness (QED) is 0.137. The summed E-state index contributed by atoms with van der Waals surface area (Å²) in [6, 6.07) is 0. The molecule has 0 unspecified atom stereocenters. The van der Waals surface area contributed by atoms with Crippen molar-refractivity contribution in [3.63, 3.8) is 0 Å². The van der Waals surface area contributed by atoms with Crippen LogP contribution < -0.4 is 0 Å². The molecule has 0 aliphatic carbocycles. The number of ether oxygens (including phenoxy) is 5. The van der Waals surface area contributed by atoms with E-state index in [-0.39, 0.29) is 13.2 Å². The zero-order valence-corrected chi connectivity index (χ0v) is 20.8. The summed E-state index contributed by atoms with van der Waals surface area (Å²) in [4.78, 5) is 0. The molecule has 0 atom stereocenters. The van der Waals surface area contributed by atoms with Crippen molar-refractivity contribution < 1.29 is 40.8 Å². The van der Waals surface area contributed by atoms with Crippen molar-refractivity contribution in [1.82, 2.24) is 0 Å². The first-order valence-electron chi connectivity index (χ1n) is 12.1. The van der Waals surface area contributed by atoms with Gasteiger partial charge in [-0.15, -0.1) is 0 Å². The van der Waals surface area contributed by atoms with Gasteiger partial charge in [0.25, 0.3) is 0 Å². The van der Waals surface area contributed by atoms with Gasteiger partial charge in [-0.2, -0.15) is 8.42 Å². The molecular weight excluding hydrogens is 440 g/mol. The summed E-state index contributed by atoms with van der Waals surface area (Å²) in [6.45, 7) is 8.22. The van der Waals surface area contributed by atoms with Crippen LogP contribution in [0.2, 0.25) is 0 Å². The summed E-state index contributed by atoms with van der Waals surface area (Å²) < 4.78 is 60.5. The molecule has 10 heteroatoms. The molecule has 9 nitrogen and oxygen atoms in total. The monoisotopic (exact) mass is 486 g/mol. The Morgan fingerprint density at radius 2 is 0.812 bits per heavy atom. The summed E-state index contributed by atoms with van der Waals surface area (Å²) >= 11 is 0. The van der Waals surface area contributed by atoms with Gasteiger partial charge in [0.1, 0.15) is 0 Å². The maximum Gasteiger partial charge on any atom is 0.397 e. The van der Waals surface area contributed by atoms with Crippen LogP contribution in [-0.2, 0) is 38.3 Å². The maximum atomic E-state index is 10.3. The standard InChI is InChI=1S/C22H46O9S/c1-2-3-4-5-6-7-12-26-13-8-14-27-15-9-16-28-17-10-18-29-19-11-20-30-21-22-31-32(23,24)25/h2-22H2,1H3,(H,23,24,25). The minimum atomic E-state index is -4.38. The Morgan fingerprint density at radius 1 is 0.469 bits per heavy atom. The zero-order valence-electron chi connectivity index (χ0n) is 20.0. The van der Waals surface area contributed by atoms with Crippen LogP contribution in [0.3, 0.4) is 0 Å². The Labute approximate surface area is 195 Å². The molecule has 0 rings (SSSR count). The Kier molecular flexibility index (Phi) is 25.0. The van der Waals surface area contributed by atoms with E-state index in [9.17, 15) is 8.42 Å². The Hall–Kier alpha value is -0.330. The van der Waals surface area contributed by atoms with E-state index in [1.54, 1.807) is 0 Å². The number of rotatable bonds is 27. The topological polar surface area (TPSA) is 110 Å². The fourth-order valence-corrected chi connectivity index (χ4v) is 3.02. The molecule has 194 valence electrons. The normalized spacial score (nSPS) is 11.9. The summed E-state index contributed by atoms with van der Waals surface area (Å²) in [5.41, 5.74) is 0. The van der Waals surface area contributed by atoms with Crippen LogP contribution in [0.5, 0.6) is 0 Å². The first-order chi connectivity index (χ1) is 15.6. The van der Waals surface area contributed by atoms with Crippen LogP contribution in [-0.4, -0.2) is 85.6 Å². The lowest BCUT2D eigenvalue weighted by Gasteiger charge is -2.07. The van der Waals surface area contributed by atoms with Crippen LogP contribution in [0.1, 0.15) is 71.1 Å². The highest BCUT2D eigenvalue weighted by Gasteiger charge is 2.02. The molecular formula is C22H46O9S. The first kappa shape index (κ1) is 31.7. The predicted molar refractivity (Wildman–Crippen MR) is 123 cm³/mol. The van der Waals surface area contributed by atoms with Crippen LogP contribution in [0.4, 0.5) is 0 Å². The van der Waals surface area contributed by atoms with E-state index in [0.29, 0.717) is 46.1 Å². The van der Waals surface area contributed by atoms with Crippen molar-refractivity contribution in [2.24, 2.45) is 0 Å². The minimum Gasteiger partial charge on any atom is -0.381 e. The lowest BCUT2D eigenvalue weighted by atomic mass is 10.1. The maximum absolute atomic E-state index is 10.3. The van der Waals surface area contributed by atoms with Gasteiger partial charge in [0.2, 0.25) is 0 Å². The second kappa shape index (κ2) is 25.3. The molecule has 0 aromatic carbocycles. The van der Waals surface area contributed by atoms with Gasteiger partial charge in [-0.05, 0) is 32.1 Å². The van der Waals surface area contributed by atoms with E-state index < -0.39 is 10.4 Å². The molecule has 32 heavy (non-hydrogen) atoms. The molecule has 0 amide bonds. The van der Waals surface area contributed by atoms with E-state index in [1.807, 2.05) is 0 Å². The smallest absolute Gasteiger partial charge is 0.381 e. The fraction of sp³-hybridized carbons (Fsp3) is 1.00. The molecule has 0 fully saturated rings. The Balaban J connectivity index is 3.04. The SMILES string of the molecule is CCCCCCCCOCCCOCCCOCCCOCCCOCCOS(=O)(=O)O. The molecule has 0 radical (unpaired) electrons. The molecule has 0 heterocycles. The third-order valence-electron chi connectivity index (χ3n) is 4.41. The Bertz CT molecular complexity index is 460. The molecule has 0 aliphatic heterocycles. The van der Waals surface area contributed by atoms with Crippen molar-refractivity contribution in [1.29, 1.82) is 0 Å². The highest BCUT2D eigenvalue weighted by Crippen LogP contribution is 2.05. The average Bonchev–Trinajstić information content (AvgIpc) is 2.75. The lowest BCUT2D eigenvalue weighted by molar-refractivity contribution is 0.0459. The molecule has 0 spiro atoms. The van der Waals surface area contributed by atoms with Gasteiger partial charge in [-0.3, -0.25) is 4.55 Å². The molecule has 0 aliphatic rings. The molecule has 0 aromatic rings. The molecule has 1 N–H and O–H groups in total. The zero-order chi connectivity index (χ0) is 23.6. The van der Waals surface area contributed by atoms with Crippen LogP contribution >= 0.6 is 0 Å². The van der Waals surface area contributed by atoms with Crippen LogP contribution in [0.25, 0.3) is 0 Å². The van der Waals surface area contributed by atoms with Gasteiger partial charge >= 0.3 is 10.4 Å². The predicted octanol–water partition coefficient (Wildman–Crippen LogP) is 3.81. The highest BCUT2D eigenvalue weighted by molar-refractivity contribution is 7.80. The summed E-state index contributed by atoms with van der Waals surface area (Å²) in [6.07, 6.45) is 11.1. The molecule has 0 saturated carbocycles. The van der Waals surface area contributed by atoms with Gasteiger partial charge in [0.05, 0.1) is 13.2 Å². The summed E-state index contributed by atoms with van der Waals surface area (Å²) in [5.74, 6) is 0. The summed E-state index contributed by atoms with van der Waals surface area (Å²) in [5, 5.41) is 0. The first-order valence-corrected chi connectivity index (χ1v) is 13.4. The van der Waals surface area contributed by atoms with E-state index in [4.69, 9.17) is 28.2 Å². The van der Waals surface area contributed by atoms with Crippen molar-refractivity contribution >= 4 is 10.4 Å². The number of unbranched alkanes of at least 4 members (excludes halogenated alkanes) is 5. The van der Waals surface area contributed by atoms with Crippen LogP contribution in [0, 0.1) is 0 Å². The minimum absolute atomic E-state index is 0.102. The van der Waals surface area contributed by atoms with E-state index in [1.165, 1.54) is 38.5 Å². The fourth-order valence-electron chi connectivity index (χ4n) is 2.75. The van der Waals surface area contributed by atoms with Crippen LogP contribution in [0.15, 0.2) is 0 Å². The molecule has 0 bridgehead atoms. The van der Waals surface area contributed by atoms with Crippen molar-refractivity contribution in [3.05, 3.63) is 0 Å². The summed E-state index contributed by atoms with van der Waals surface area (Å²) in [7, 11) is -4.38. The van der Waals surface area contributed by atoms with E-state index >= 15 is 0 Å². The van der Waals surface area contributed by atoms with E-state index in [2.05, 4.69) is 11.1 Å². The number of hydrogen-bond acceptors (Lipinski definition) is 8. The molecule has 0 aromatic heterocycles. The van der Waals surface area contributed by atoms with Crippen molar-refractivity contribution in [3.8, 4) is 0 Å². The van der Waals surface area contributed by atoms with Crippen molar-refractivity contribution in [2.75, 3.05) is 72.7 Å². The largest absolute Gasteiger partial charge is 0.397 e. The second-order valence-electron chi connectivity index (χ2n) is 7.49. The van der Waals surface area contributed by atoms with E-state index in [0.717, 1.165) is 39.1 Å². The lowest BCUT2D eigenvalue weighted by Crippen LogP contribution is -2.11. The highest BCUT2D eigenvalue weighted by atomic mass is 32.3. The van der Waals surface area contributed by atoms with Crippen molar-refractivity contribution in [2.45, 2.75) is 71.1 Å². The third-order valence-corrected chi connectivity index (χ3v) is 4.88. The van der Waals surface area contributed by atoms with Gasteiger partial charge in [0.15, 0.2) is 0 Å². The van der Waals surface area contributed by atoms with Gasteiger partial charge in [-0.25, -0.2) is 4.18 Å². The number of hydrogen-bond donors (Lipinski definition) is 1. The van der Waals surface area contributed by atoms with Gasteiger partial charge in [0, 0.05) is 59.5 Å². The van der Waals surface area contributed by atoms with Gasteiger partial charge in [-0.1, -0.05) is 39.0 Å². The third kappa shape index (κ3) is 29.7.